The summed E-state index contributed by atoms with van der Waals surface area (Å²) in [6, 6.07) is 19.6. The van der Waals surface area contributed by atoms with Crippen LogP contribution in [-0.2, 0) is 20.9 Å². The van der Waals surface area contributed by atoms with E-state index < -0.39 is 13.6 Å². The minimum absolute atomic E-state index is 0.0866. The zero-order valence-electron chi connectivity index (χ0n) is 16.5. The maximum Gasteiger partial charge on any atom is 0.308 e. The maximum atomic E-state index is 12.1. The summed E-state index contributed by atoms with van der Waals surface area (Å²) in [6.07, 6.45) is 3.82. The van der Waals surface area contributed by atoms with Crippen LogP contribution < -0.4 is 5.30 Å². The van der Waals surface area contributed by atoms with E-state index in [-0.39, 0.29) is 30.7 Å². The van der Waals surface area contributed by atoms with E-state index in [4.69, 9.17) is 9.47 Å². The molecule has 0 bridgehead atoms. The van der Waals surface area contributed by atoms with E-state index in [0.29, 0.717) is 6.61 Å². The Morgan fingerprint density at radius 1 is 1.07 bits per heavy atom. The molecule has 1 unspecified atom stereocenters. The van der Waals surface area contributed by atoms with Crippen molar-refractivity contribution in [3.05, 3.63) is 77.8 Å². The summed E-state index contributed by atoms with van der Waals surface area (Å²) < 4.78 is 11.2. The number of aliphatic hydroxyl groups is 1. The van der Waals surface area contributed by atoms with Gasteiger partial charge in [0.05, 0.1) is 31.5 Å². The highest BCUT2D eigenvalue weighted by atomic mass is 31.1. The highest BCUT2D eigenvalue weighted by Crippen LogP contribution is 2.25. The van der Waals surface area contributed by atoms with Gasteiger partial charge in [0, 0.05) is 6.42 Å². The molecule has 0 fully saturated rings. The van der Waals surface area contributed by atoms with Gasteiger partial charge in [0.2, 0.25) is 0 Å². The zero-order chi connectivity index (χ0) is 20.4. The third kappa shape index (κ3) is 8.08. The second-order valence-electron chi connectivity index (χ2n) is 6.79. The number of benzene rings is 2. The first-order valence-electron chi connectivity index (χ1n) is 9.33. The van der Waals surface area contributed by atoms with Crippen LogP contribution in [0.1, 0.15) is 32.3 Å². The highest BCUT2D eigenvalue weighted by Gasteiger charge is 2.20. The lowest BCUT2D eigenvalue weighted by atomic mass is 10.1. The average Bonchev–Trinajstić information content (AvgIpc) is 2.67. The third-order valence-electron chi connectivity index (χ3n) is 3.92. The van der Waals surface area contributed by atoms with Crippen LogP contribution in [0.3, 0.4) is 0 Å². The third-order valence-corrected chi connectivity index (χ3v) is 5.49. The van der Waals surface area contributed by atoms with E-state index in [1.54, 1.807) is 5.82 Å². The summed E-state index contributed by atoms with van der Waals surface area (Å²) in [5, 5.41) is 11.5. The van der Waals surface area contributed by atoms with Crippen molar-refractivity contribution in [2.24, 2.45) is 0 Å². The van der Waals surface area contributed by atoms with Gasteiger partial charge in [-0.1, -0.05) is 48.5 Å². The number of carbonyl (C=O) groups is 1. The van der Waals surface area contributed by atoms with Gasteiger partial charge in [-0.25, -0.2) is 0 Å². The Labute approximate surface area is 168 Å². The predicted octanol–water partition coefficient (Wildman–Crippen LogP) is 4.94. The molecule has 2 aromatic rings. The summed E-state index contributed by atoms with van der Waals surface area (Å²) in [4.78, 5) is 12.1. The molecule has 2 atom stereocenters. The number of hydrogen-bond donors (Lipinski definition) is 1. The fraction of sp³-hybridized carbons (Fsp3) is 0.304. The van der Waals surface area contributed by atoms with Crippen LogP contribution in [0.2, 0.25) is 0 Å². The Morgan fingerprint density at radius 2 is 1.68 bits per heavy atom. The molecule has 2 aromatic carbocycles. The van der Waals surface area contributed by atoms with Gasteiger partial charge < -0.3 is 14.6 Å². The summed E-state index contributed by atoms with van der Waals surface area (Å²) in [7, 11) is -0.867. The zero-order valence-corrected chi connectivity index (χ0v) is 17.3. The second-order valence-corrected chi connectivity index (χ2v) is 8.51. The first-order chi connectivity index (χ1) is 13.4. The highest BCUT2D eigenvalue weighted by molar-refractivity contribution is 7.66. The van der Waals surface area contributed by atoms with Gasteiger partial charge in [-0.3, -0.25) is 4.79 Å². The minimum atomic E-state index is -0.867. The molecule has 0 saturated heterocycles. The molecule has 1 N–H and O–H groups in total. The standard InChI is InChI=1S/C23H27O4P/c1-18(2)27-23(25)15-21(26-16-19-10-6-4-7-11-19)14-20(24)17-28(3)22-12-8-5-9-13-22/h4-13,17-18,21H,3,14-16H2,1-2H3/p+1/t21-/m1/s1. The summed E-state index contributed by atoms with van der Waals surface area (Å²) in [5.41, 5.74) is 1.01. The van der Waals surface area contributed by atoms with Gasteiger partial charge in [0.25, 0.3) is 0 Å². The fourth-order valence-electron chi connectivity index (χ4n) is 2.64. The minimum Gasteiger partial charge on any atom is -0.508 e. The molecule has 0 radical (unpaired) electrons. The van der Waals surface area contributed by atoms with Gasteiger partial charge in [-0.15, -0.1) is 0 Å². The average molecular weight is 399 g/mol. The number of aliphatic hydroxyl groups excluding tert-OH is 1. The van der Waals surface area contributed by atoms with E-state index in [9.17, 15) is 9.90 Å². The molecular formula is C23H28O4P+. The number of esters is 1. The monoisotopic (exact) mass is 399 g/mol. The van der Waals surface area contributed by atoms with Crippen LogP contribution in [0.25, 0.3) is 0 Å². The van der Waals surface area contributed by atoms with E-state index in [0.717, 1.165) is 10.9 Å². The first-order valence-corrected chi connectivity index (χ1v) is 10.9. The van der Waals surface area contributed by atoms with Crippen molar-refractivity contribution in [3.8, 4) is 0 Å². The molecule has 0 aromatic heterocycles. The van der Waals surface area contributed by atoms with Gasteiger partial charge in [-0.2, -0.15) is 0 Å². The Bertz CT molecular complexity index is 785. The van der Waals surface area contributed by atoms with Crippen LogP contribution in [0.4, 0.5) is 0 Å². The van der Waals surface area contributed by atoms with Crippen molar-refractivity contribution >= 4 is 25.1 Å². The van der Waals surface area contributed by atoms with Crippen molar-refractivity contribution in [3.63, 3.8) is 0 Å². The molecule has 0 spiro atoms. The molecule has 28 heavy (non-hydrogen) atoms. The maximum absolute atomic E-state index is 12.1. The van der Waals surface area contributed by atoms with Crippen LogP contribution in [-0.4, -0.2) is 29.6 Å². The number of ether oxygens (including phenoxy) is 2. The van der Waals surface area contributed by atoms with Crippen LogP contribution in [0.15, 0.2) is 72.2 Å². The Hall–Kier alpha value is -2.42. The molecule has 0 aliphatic rings. The smallest absolute Gasteiger partial charge is 0.308 e. The fourth-order valence-corrected chi connectivity index (χ4v) is 3.80. The van der Waals surface area contributed by atoms with Crippen molar-refractivity contribution in [2.45, 2.75) is 45.5 Å². The Morgan fingerprint density at radius 3 is 2.29 bits per heavy atom. The lowest BCUT2D eigenvalue weighted by molar-refractivity contribution is -0.150. The quantitative estimate of drug-likeness (QED) is 0.349. The van der Waals surface area contributed by atoms with Crippen LogP contribution >= 0.6 is 7.55 Å². The molecule has 0 heterocycles. The predicted molar refractivity (Wildman–Crippen MR) is 116 cm³/mol. The molecule has 0 aliphatic carbocycles. The SMILES string of the molecule is C=[P+](C=C(O)C[C@H](CC(=O)OC(C)C)OCc1ccccc1)c1ccccc1. The van der Waals surface area contributed by atoms with E-state index in [2.05, 4.69) is 6.30 Å². The number of carbonyl (C=O) groups excluding carboxylic acids is 1. The molecule has 0 saturated carbocycles. The van der Waals surface area contributed by atoms with Crippen LogP contribution in [0, 0.1) is 0 Å². The summed E-state index contributed by atoms with van der Waals surface area (Å²) in [5.74, 6) is 1.61. The van der Waals surface area contributed by atoms with Crippen LogP contribution in [0.5, 0.6) is 0 Å². The molecule has 0 amide bonds. The van der Waals surface area contributed by atoms with Crippen molar-refractivity contribution < 1.29 is 19.4 Å². The summed E-state index contributed by atoms with van der Waals surface area (Å²) in [6.45, 7) is 3.99. The number of rotatable bonds is 10. The van der Waals surface area contributed by atoms with Crippen molar-refractivity contribution in [1.82, 2.24) is 0 Å². The molecule has 4 nitrogen and oxygen atoms in total. The molecule has 2 rings (SSSR count). The summed E-state index contributed by atoms with van der Waals surface area (Å²) >= 11 is 0. The van der Waals surface area contributed by atoms with E-state index >= 15 is 0 Å². The van der Waals surface area contributed by atoms with E-state index in [1.165, 1.54) is 0 Å². The lowest BCUT2D eigenvalue weighted by Gasteiger charge is -2.17. The topological polar surface area (TPSA) is 55.8 Å². The number of hydrogen-bond acceptors (Lipinski definition) is 4. The molecule has 148 valence electrons. The van der Waals surface area contributed by atoms with Gasteiger partial charge in [0.1, 0.15) is 5.76 Å². The van der Waals surface area contributed by atoms with Gasteiger partial charge in [0.15, 0.2) is 18.7 Å². The van der Waals surface area contributed by atoms with E-state index in [1.807, 2.05) is 74.5 Å². The molecule has 0 aliphatic heterocycles. The normalized spacial score (nSPS) is 13.2. The Kier molecular flexibility index (Phi) is 8.93. The lowest BCUT2D eigenvalue weighted by Crippen LogP contribution is -2.22. The Balaban J connectivity index is 2.03. The van der Waals surface area contributed by atoms with Gasteiger partial charge >= 0.3 is 5.97 Å². The van der Waals surface area contributed by atoms with Gasteiger partial charge in [-0.05, 0) is 31.5 Å². The first kappa shape index (κ1) is 21.9. The largest absolute Gasteiger partial charge is 0.508 e. The molecular weight excluding hydrogens is 371 g/mol. The second kappa shape index (κ2) is 11.4. The van der Waals surface area contributed by atoms with Crippen molar-refractivity contribution in [2.75, 3.05) is 0 Å². The van der Waals surface area contributed by atoms with Crippen molar-refractivity contribution in [1.29, 1.82) is 0 Å². The molecule has 5 heteroatoms.